The van der Waals surface area contributed by atoms with Crippen LogP contribution in [0.4, 0.5) is 0 Å². The van der Waals surface area contributed by atoms with Gasteiger partial charge in [-0.2, -0.15) is 0 Å². The first-order chi connectivity index (χ1) is 8.56. The molecule has 0 radical (unpaired) electrons. The normalized spacial score (nSPS) is 41.6. The fraction of sp³-hybridized carbons (Fsp3) is 0.933. The maximum absolute atomic E-state index is 11.1. The van der Waals surface area contributed by atoms with Gasteiger partial charge in [-0.05, 0) is 50.4 Å². The molecule has 0 aromatic rings. The molecule has 104 valence electrons. The largest absolute Gasteiger partial charge is 0.481 e. The third kappa shape index (κ3) is 3.47. The van der Waals surface area contributed by atoms with Crippen molar-refractivity contribution in [3.8, 4) is 0 Å². The number of hydrogen-bond acceptors (Lipinski definition) is 2. The van der Waals surface area contributed by atoms with Crippen LogP contribution in [-0.4, -0.2) is 23.2 Å². The maximum Gasteiger partial charge on any atom is 0.306 e. The van der Waals surface area contributed by atoms with E-state index in [1.54, 1.807) is 0 Å². The standard InChI is InChI=1S/C15H27NO2/c1-10-6-7-14(8-11(10)2)16-13-5-3-4-12(9-13)15(17)18/h10-14,16H,3-9H2,1-2H3,(H,17,18). The molecule has 2 saturated carbocycles. The number of carboxylic acid groups (broad SMARTS) is 1. The summed E-state index contributed by atoms with van der Waals surface area (Å²) in [6.45, 7) is 4.70. The van der Waals surface area contributed by atoms with Gasteiger partial charge in [-0.3, -0.25) is 4.79 Å². The quantitative estimate of drug-likeness (QED) is 0.812. The van der Waals surface area contributed by atoms with Crippen molar-refractivity contribution < 1.29 is 9.90 Å². The van der Waals surface area contributed by atoms with E-state index in [9.17, 15) is 4.79 Å². The number of carboxylic acids is 1. The third-order valence-corrected chi connectivity index (χ3v) is 5.09. The van der Waals surface area contributed by atoms with E-state index in [2.05, 4.69) is 19.2 Å². The van der Waals surface area contributed by atoms with E-state index in [1.807, 2.05) is 0 Å². The van der Waals surface area contributed by atoms with Crippen molar-refractivity contribution in [1.82, 2.24) is 5.32 Å². The first-order valence-electron chi connectivity index (χ1n) is 7.55. The summed E-state index contributed by atoms with van der Waals surface area (Å²) in [5, 5.41) is 12.8. The van der Waals surface area contributed by atoms with Gasteiger partial charge in [0.2, 0.25) is 0 Å². The predicted octanol–water partition coefficient (Wildman–Crippen LogP) is 3.04. The average Bonchev–Trinajstić information content (AvgIpc) is 2.34. The van der Waals surface area contributed by atoms with Crippen molar-refractivity contribution >= 4 is 5.97 Å². The van der Waals surface area contributed by atoms with Gasteiger partial charge in [-0.15, -0.1) is 0 Å². The Morgan fingerprint density at radius 1 is 1.00 bits per heavy atom. The van der Waals surface area contributed by atoms with Gasteiger partial charge < -0.3 is 10.4 Å². The molecule has 0 aromatic heterocycles. The van der Waals surface area contributed by atoms with E-state index in [-0.39, 0.29) is 5.92 Å². The van der Waals surface area contributed by atoms with Crippen LogP contribution in [-0.2, 0) is 4.79 Å². The van der Waals surface area contributed by atoms with Gasteiger partial charge in [-0.25, -0.2) is 0 Å². The lowest BCUT2D eigenvalue weighted by molar-refractivity contribution is -0.143. The van der Waals surface area contributed by atoms with E-state index in [4.69, 9.17) is 5.11 Å². The second-order valence-corrected chi connectivity index (χ2v) is 6.53. The Labute approximate surface area is 110 Å². The fourth-order valence-corrected chi connectivity index (χ4v) is 3.60. The van der Waals surface area contributed by atoms with Gasteiger partial charge in [-0.1, -0.05) is 20.3 Å². The zero-order valence-electron chi connectivity index (χ0n) is 11.7. The van der Waals surface area contributed by atoms with Crippen molar-refractivity contribution in [2.75, 3.05) is 0 Å². The van der Waals surface area contributed by atoms with Crippen molar-refractivity contribution in [1.29, 1.82) is 0 Å². The van der Waals surface area contributed by atoms with Crippen LogP contribution in [0.15, 0.2) is 0 Å². The molecule has 0 amide bonds. The van der Waals surface area contributed by atoms with Crippen LogP contribution in [0.3, 0.4) is 0 Å². The molecule has 2 N–H and O–H groups in total. The lowest BCUT2D eigenvalue weighted by Gasteiger charge is -2.37. The Morgan fingerprint density at radius 2 is 1.72 bits per heavy atom. The van der Waals surface area contributed by atoms with Crippen LogP contribution in [0, 0.1) is 17.8 Å². The summed E-state index contributed by atoms with van der Waals surface area (Å²) in [5.41, 5.74) is 0. The monoisotopic (exact) mass is 253 g/mol. The minimum atomic E-state index is -0.605. The molecule has 2 aliphatic carbocycles. The predicted molar refractivity (Wildman–Crippen MR) is 72.5 cm³/mol. The van der Waals surface area contributed by atoms with Crippen LogP contribution < -0.4 is 5.32 Å². The van der Waals surface area contributed by atoms with E-state index < -0.39 is 5.97 Å². The summed E-state index contributed by atoms with van der Waals surface area (Å²) in [7, 11) is 0. The Kier molecular flexibility index (Phi) is 4.66. The number of nitrogens with one attached hydrogen (secondary N) is 1. The summed E-state index contributed by atoms with van der Waals surface area (Å²) < 4.78 is 0. The fourth-order valence-electron chi connectivity index (χ4n) is 3.60. The summed E-state index contributed by atoms with van der Waals surface area (Å²) in [4.78, 5) is 11.1. The minimum Gasteiger partial charge on any atom is -0.481 e. The van der Waals surface area contributed by atoms with E-state index in [1.165, 1.54) is 19.3 Å². The molecule has 0 heterocycles. The highest BCUT2D eigenvalue weighted by atomic mass is 16.4. The lowest BCUT2D eigenvalue weighted by atomic mass is 9.78. The second kappa shape index (κ2) is 6.05. The molecule has 0 bridgehead atoms. The third-order valence-electron chi connectivity index (χ3n) is 5.09. The molecular weight excluding hydrogens is 226 g/mol. The zero-order valence-corrected chi connectivity index (χ0v) is 11.7. The first kappa shape index (κ1) is 13.9. The van der Waals surface area contributed by atoms with Gasteiger partial charge in [0.25, 0.3) is 0 Å². The molecule has 0 aromatic carbocycles. The van der Waals surface area contributed by atoms with Gasteiger partial charge >= 0.3 is 5.97 Å². The molecule has 0 saturated heterocycles. The van der Waals surface area contributed by atoms with Crippen LogP contribution in [0.1, 0.15) is 58.8 Å². The van der Waals surface area contributed by atoms with Crippen molar-refractivity contribution in [3.63, 3.8) is 0 Å². The van der Waals surface area contributed by atoms with Crippen molar-refractivity contribution in [2.24, 2.45) is 17.8 Å². The molecule has 5 unspecified atom stereocenters. The molecule has 0 aliphatic heterocycles. The molecule has 5 atom stereocenters. The molecule has 3 heteroatoms. The smallest absolute Gasteiger partial charge is 0.306 e. The zero-order chi connectivity index (χ0) is 13.1. The lowest BCUT2D eigenvalue weighted by Crippen LogP contribution is -2.45. The number of hydrogen-bond donors (Lipinski definition) is 2. The van der Waals surface area contributed by atoms with E-state index in [0.29, 0.717) is 12.1 Å². The Hall–Kier alpha value is -0.570. The van der Waals surface area contributed by atoms with Gasteiger partial charge in [0.1, 0.15) is 0 Å². The number of carbonyl (C=O) groups is 1. The van der Waals surface area contributed by atoms with Crippen LogP contribution >= 0.6 is 0 Å². The average molecular weight is 253 g/mol. The van der Waals surface area contributed by atoms with E-state index >= 15 is 0 Å². The van der Waals surface area contributed by atoms with Crippen LogP contribution in [0.2, 0.25) is 0 Å². The topological polar surface area (TPSA) is 49.3 Å². The highest BCUT2D eigenvalue weighted by Crippen LogP contribution is 2.31. The molecule has 3 nitrogen and oxygen atoms in total. The van der Waals surface area contributed by atoms with Gasteiger partial charge in [0.15, 0.2) is 0 Å². The minimum absolute atomic E-state index is 0.115. The molecular formula is C15H27NO2. The maximum atomic E-state index is 11.1. The van der Waals surface area contributed by atoms with Gasteiger partial charge in [0.05, 0.1) is 5.92 Å². The molecule has 2 aliphatic rings. The molecule has 18 heavy (non-hydrogen) atoms. The first-order valence-corrected chi connectivity index (χ1v) is 7.55. The molecule has 0 spiro atoms. The second-order valence-electron chi connectivity index (χ2n) is 6.53. The van der Waals surface area contributed by atoms with Gasteiger partial charge in [0, 0.05) is 12.1 Å². The van der Waals surface area contributed by atoms with Crippen LogP contribution in [0.5, 0.6) is 0 Å². The number of aliphatic carboxylic acids is 1. The Balaban J connectivity index is 1.80. The highest BCUT2D eigenvalue weighted by Gasteiger charge is 2.30. The molecule has 2 rings (SSSR count). The SMILES string of the molecule is CC1CCC(NC2CCCC(C(=O)O)C2)CC1C. The number of rotatable bonds is 3. The summed E-state index contributed by atoms with van der Waals surface area (Å²) in [6.07, 6.45) is 7.75. The Morgan fingerprint density at radius 3 is 2.39 bits per heavy atom. The summed E-state index contributed by atoms with van der Waals surface area (Å²) >= 11 is 0. The van der Waals surface area contributed by atoms with Crippen molar-refractivity contribution in [3.05, 3.63) is 0 Å². The summed E-state index contributed by atoms with van der Waals surface area (Å²) in [6, 6.07) is 1.05. The van der Waals surface area contributed by atoms with E-state index in [0.717, 1.165) is 37.5 Å². The van der Waals surface area contributed by atoms with Crippen molar-refractivity contribution in [2.45, 2.75) is 70.9 Å². The Bertz CT molecular complexity index is 292. The molecule has 2 fully saturated rings. The summed E-state index contributed by atoms with van der Waals surface area (Å²) in [5.74, 6) is 0.930. The van der Waals surface area contributed by atoms with Crippen LogP contribution in [0.25, 0.3) is 0 Å². The highest BCUT2D eigenvalue weighted by molar-refractivity contribution is 5.70.